The van der Waals surface area contributed by atoms with E-state index in [1.807, 2.05) is 0 Å². The molecule has 2 saturated carbocycles. The van der Waals surface area contributed by atoms with E-state index >= 15 is 0 Å². The van der Waals surface area contributed by atoms with E-state index in [9.17, 15) is 0 Å². The zero-order valence-electron chi connectivity index (χ0n) is 11.3. The molecule has 18 heavy (non-hydrogen) atoms. The van der Waals surface area contributed by atoms with Crippen LogP contribution in [0.4, 0.5) is 0 Å². The average Bonchev–Trinajstić information content (AvgIpc) is 2.81. The maximum Gasteiger partial charge on any atom is 0.136 e. The molecule has 3 heteroatoms. The zero-order valence-corrected chi connectivity index (χ0v) is 11.3. The Morgan fingerprint density at radius 1 is 1.22 bits per heavy atom. The lowest BCUT2D eigenvalue weighted by Crippen LogP contribution is -2.43. The summed E-state index contributed by atoms with van der Waals surface area (Å²) in [6.45, 7) is 2.78. The standard InChI is InChI=1S/C15H23N3/c1-11-9-13(12-5-2-3-6-12)18-14(17-11)15(10-16)7-4-8-15/h9,12H,2-8,10,16H2,1H3. The van der Waals surface area contributed by atoms with Gasteiger partial charge in [0.05, 0.1) is 0 Å². The molecular weight excluding hydrogens is 222 g/mol. The summed E-state index contributed by atoms with van der Waals surface area (Å²) in [6.07, 6.45) is 8.90. The Bertz CT molecular complexity index is 426. The molecule has 3 nitrogen and oxygen atoms in total. The predicted octanol–water partition coefficient (Wildman–Crippen LogP) is 2.82. The van der Waals surface area contributed by atoms with Crippen LogP contribution in [-0.4, -0.2) is 16.5 Å². The first-order chi connectivity index (χ1) is 8.73. The first-order valence-electron chi connectivity index (χ1n) is 7.30. The maximum atomic E-state index is 5.97. The lowest BCUT2D eigenvalue weighted by molar-refractivity contribution is 0.236. The summed E-state index contributed by atoms with van der Waals surface area (Å²) in [7, 11) is 0. The number of hydrogen-bond donors (Lipinski definition) is 1. The van der Waals surface area contributed by atoms with Crippen molar-refractivity contribution in [1.29, 1.82) is 0 Å². The second-order valence-electron chi connectivity index (χ2n) is 6.08. The molecule has 0 amide bonds. The van der Waals surface area contributed by atoms with Crippen molar-refractivity contribution >= 4 is 0 Å². The van der Waals surface area contributed by atoms with Crippen molar-refractivity contribution < 1.29 is 0 Å². The van der Waals surface area contributed by atoms with Crippen molar-refractivity contribution in [3.63, 3.8) is 0 Å². The van der Waals surface area contributed by atoms with Crippen molar-refractivity contribution in [1.82, 2.24) is 9.97 Å². The number of rotatable bonds is 3. The van der Waals surface area contributed by atoms with Crippen molar-refractivity contribution in [3.8, 4) is 0 Å². The van der Waals surface area contributed by atoms with Gasteiger partial charge in [-0.2, -0.15) is 0 Å². The van der Waals surface area contributed by atoms with Gasteiger partial charge in [0.2, 0.25) is 0 Å². The van der Waals surface area contributed by atoms with Crippen LogP contribution in [0.15, 0.2) is 6.07 Å². The molecule has 0 atom stereocenters. The van der Waals surface area contributed by atoms with E-state index in [2.05, 4.69) is 18.0 Å². The van der Waals surface area contributed by atoms with Crippen molar-refractivity contribution in [2.24, 2.45) is 5.73 Å². The molecule has 1 aromatic heterocycles. The Morgan fingerprint density at radius 3 is 2.50 bits per heavy atom. The number of nitrogens with zero attached hydrogens (tertiary/aromatic N) is 2. The quantitative estimate of drug-likeness (QED) is 0.891. The molecule has 0 radical (unpaired) electrons. The highest BCUT2D eigenvalue weighted by Gasteiger charge is 2.40. The van der Waals surface area contributed by atoms with Gasteiger partial charge in [0, 0.05) is 29.3 Å². The lowest BCUT2D eigenvalue weighted by atomic mass is 9.68. The number of hydrogen-bond acceptors (Lipinski definition) is 3. The smallest absolute Gasteiger partial charge is 0.136 e. The molecule has 2 aliphatic rings. The predicted molar refractivity (Wildman–Crippen MR) is 72.6 cm³/mol. The zero-order chi connectivity index (χ0) is 12.6. The van der Waals surface area contributed by atoms with Crippen molar-refractivity contribution in [2.75, 3.05) is 6.54 Å². The molecule has 0 spiro atoms. The third-order valence-electron chi connectivity index (χ3n) is 4.82. The Hall–Kier alpha value is -0.960. The lowest BCUT2D eigenvalue weighted by Gasteiger charge is -2.39. The van der Waals surface area contributed by atoms with E-state index < -0.39 is 0 Å². The van der Waals surface area contributed by atoms with Crippen LogP contribution in [-0.2, 0) is 5.41 Å². The van der Waals surface area contributed by atoms with Crippen LogP contribution in [0.25, 0.3) is 0 Å². The summed E-state index contributed by atoms with van der Waals surface area (Å²) in [5.74, 6) is 1.69. The van der Waals surface area contributed by atoms with Crippen LogP contribution < -0.4 is 5.73 Å². The van der Waals surface area contributed by atoms with Crippen LogP contribution in [0.5, 0.6) is 0 Å². The van der Waals surface area contributed by atoms with Gasteiger partial charge < -0.3 is 5.73 Å². The first kappa shape index (κ1) is 12.1. The molecule has 2 aliphatic carbocycles. The monoisotopic (exact) mass is 245 g/mol. The van der Waals surface area contributed by atoms with Gasteiger partial charge in [-0.25, -0.2) is 9.97 Å². The summed E-state index contributed by atoms with van der Waals surface area (Å²) in [5, 5.41) is 0. The fraction of sp³-hybridized carbons (Fsp3) is 0.733. The second kappa shape index (κ2) is 4.61. The Kier molecular flexibility index (Phi) is 3.10. The number of nitrogens with two attached hydrogens (primary N) is 1. The molecule has 2 fully saturated rings. The van der Waals surface area contributed by atoms with Gasteiger partial charge in [-0.3, -0.25) is 0 Å². The van der Waals surface area contributed by atoms with Gasteiger partial charge in [0.15, 0.2) is 0 Å². The first-order valence-corrected chi connectivity index (χ1v) is 7.30. The van der Waals surface area contributed by atoms with Gasteiger partial charge in [-0.1, -0.05) is 19.3 Å². The fourth-order valence-electron chi connectivity index (χ4n) is 3.38. The summed E-state index contributed by atoms with van der Waals surface area (Å²) in [4.78, 5) is 9.57. The summed E-state index contributed by atoms with van der Waals surface area (Å²) in [6, 6.07) is 2.18. The molecule has 98 valence electrons. The highest BCUT2D eigenvalue weighted by molar-refractivity contribution is 5.22. The molecule has 0 saturated heterocycles. The SMILES string of the molecule is Cc1cc(C2CCCC2)nc(C2(CN)CCC2)n1. The molecule has 3 rings (SSSR count). The Balaban J connectivity index is 1.95. The van der Waals surface area contributed by atoms with Crippen LogP contribution in [0.2, 0.25) is 0 Å². The molecular formula is C15H23N3. The molecule has 1 heterocycles. The minimum atomic E-state index is 0.0966. The maximum absolute atomic E-state index is 5.97. The fourth-order valence-corrected chi connectivity index (χ4v) is 3.38. The minimum absolute atomic E-state index is 0.0966. The molecule has 1 aromatic rings. The number of aryl methyl sites for hydroxylation is 1. The third kappa shape index (κ3) is 1.95. The van der Waals surface area contributed by atoms with Gasteiger partial charge in [-0.05, 0) is 38.7 Å². The van der Waals surface area contributed by atoms with Crippen molar-refractivity contribution in [2.45, 2.75) is 63.2 Å². The van der Waals surface area contributed by atoms with E-state index in [4.69, 9.17) is 10.7 Å². The Labute approximate surface area is 109 Å². The van der Waals surface area contributed by atoms with Gasteiger partial charge in [-0.15, -0.1) is 0 Å². The van der Waals surface area contributed by atoms with Crippen LogP contribution in [0.3, 0.4) is 0 Å². The summed E-state index contributed by atoms with van der Waals surface area (Å²) in [5.41, 5.74) is 8.46. The third-order valence-corrected chi connectivity index (χ3v) is 4.82. The van der Waals surface area contributed by atoms with E-state index in [1.165, 1.54) is 37.8 Å². The van der Waals surface area contributed by atoms with Crippen LogP contribution in [0, 0.1) is 6.92 Å². The molecule has 0 unspecified atom stereocenters. The van der Waals surface area contributed by atoms with E-state index in [-0.39, 0.29) is 5.41 Å². The van der Waals surface area contributed by atoms with Gasteiger partial charge >= 0.3 is 0 Å². The van der Waals surface area contributed by atoms with E-state index in [0.717, 1.165) is 24.4 Å². The molecule has 0 aliphatic heterocycles. The molecule has 0 aromatic carbocycles. The van der Waals surface area contributed by atoms with Crippen LogP contribution >= 0.6 is 0 Å². The van der Waals surface area contributed by atoms with Gasteiger partial charge in [0.1, 0.15) is 5.82 Å². The van der Waals surface area contributed by atoms with Crippen LogP contribution in [0.1, 0.15) is 68.1 Å². The summed E-state index contributed by atoms with van der Waals surface area (Å²) < 4.78 is 0. The van der Waals surface area contributed by atoms with E-state index in [0.29, 0.717) is 12.5 Å². The van der Waals surface area contributed by atoms with Gasteiger partial charge in [0.25, 0.3) is 0 Å². The Morgan fingerprint density at radius 2 is 1.94 bits per heavy atom. The van der Waals surface area contributed by atoms with E-state index in [1.54, 1.807) is 0 Å². The highest BCUT2D eigenvalue weighted by atomic mass is 14.9. The molecule has 0 bridgehead atoms. The highest BCUT2D eigenvalue weighted by Crippen LogP contribution is 2.42. The second-order valence-corrected chi connectivity index (χ2v) is 6.08. The summed E-state index contributed by atoms with van der Waals surface area (Å²) >= 11 is 0. The number of aromatic nitrogens is 2. The molecule has 2 N–H and O–H groups in total. The minimum Gasteiger partial charge on any atom is -0.329 e. The topological polar surface area (TPSA) is 51.8 Å². The normalized spacial score (nSPS) is 23.0. The largest absolute Gasteiger partial charge is 0.329 e. The van der Waals surface area contributed by atoms with Crippen molar-refractivity contribution in [3.05, 3.63) is 23.3 Å². The average molecular weight is 245 g/mol.